The van der Waals surface area contributed by atoms with Gasteiger partial charge in [0, 0.05) is 37.1 Å². The van der Waals surface area contributed by atoms with Crippen LogP contribution in [0.25, 0.3) is 0 Å². The van der Waals surface area contributed by atoms with E-state index >= 15 is 0 Å². The van der Waals surface area contributed by atoms with Gasteiger partial charge in [-0.3, -0.25) is 9.52 Å². The molecule has 1 amide bonds. The lowest BCUT2D eigenvalue weighted by atomic mass is 10.2. The van der Waals surface area contributed by atoms with Crippen molar-refractivity contribution < 1.29 is 17.9 Å². The van der Waals surface area contributed by atoms with E-state index in [0.29, 0.717) is 12.2 Å². The van der Waals surface area contributed by atoms with Gasteiger partial charge in [-0.15, -0.1) is 0 Å². The number of ether oxygens (including phenoxy) is 1. The molecule has 0 aliphatic carbocycles. The standard InChI is InChI=1S/C25H29N3O4S/c1-19-10-13-21(14-11-19)27-33(30,31)24-18-20(12-15-23(24)32-3)25(29)26-16-7-17-28(2)22-8-5-4-6-9-22/h4-6,8-15,18,27H,7,16-17H2,1-3H3,(H,26,29). The van der Waals surface area contributed by atoms with Gasteiger partial charge in [-0.25, -0.2) is 8.42 Å². The van der Waals surface area contributed by atoms with Crippen molar-refractivity contribution in [3.63, 3.8) is 0 Å². The number of para-hydroxylation sites is 1. The van der Waals surface area contributed by atoms with Crippen molar-refractivity contribution in [2.45, 2.75) is 18.2 Å². The van der Waals surface area contributed by atoms with Gasteiger partial charge in [0.25, 0.3) is 15.9 Å². The van der Waals surface area contributed by atoms with E-state index in [1.807, 2.05) is 56.4 Å². The van der Waals surface area contributed by atoms with Crippen LogP contribution in [0.2, 0.25) is 0 Å². The van der Waals surface area contributed by atoms with Crippen LogP contribution in [0.3, 0.4) is 0 Å². The van der Waals surface area contributed by atoms with E-state index in [9.17, 15) is 13.2 Å². The third kappa shape index (κ3) is 6.49. The van der Waals surface area contributed by atoms with Crippen LogP contribution in [-0.4, -0.2) is 41.6 Å². The summed E-state index contributed by atoms with van der Waals surface area (Å²) in [6, 6.07) is 21.4. The van der Waals surface area contributed by atoms with Gasteiger partial charge in [-0.1, -0.05) is 35.9 Å². The van der Waals surface area contributed by atoms with Gasteiger partial charge in [0.05, 0.1) is 7.11 Å². The van der Waals surface area contributed by atoms with Crippen molar-refractivity contribution >= 4 is 27.3 Å². The number of carbonyl (C=O) groups is 1. The smallest absolute Gasteiger partial charge is 0.265 e. The Bertz CT molecular complexity index is 1180. The van der Waals surface area contributed by atoms with Crippen LogP contribution in [0.15, 0.2) is 77.7 Å². The fraction of sp³-hybridized carbons (Fsp3) is 0.240. The predicted molar refractivity (Wildman–Crippen MR) is 132 cm³/mol. The molecule has 0 fully saturated rings. The number of nitrogens with one attached hydrogen (secondary N) is 2. The Morgan fingerprint density at radius 2 is 1.70 bits per heavy atom. The van der Waals surface area contributed by atoms with Crippen molar-refractivity contribution in [3.05, 3.63) is 83.9 Å². The zero-order valence-corrected chi connectivity index (χ0v) is 19.9. The summed E-state index contributed by atoms with van der Waals surface area (Å²) in [6.07, 6.45) is 0.743. The summed E-state index contributed by atoms with van der Waals surface area (Å²) in [5, 5.41) is 2.86. The van der Waals surface area contributed by atoms with Crippen LogP contribution < -0.4 is 19.7 Å². The molecule has 0 heterocycles. The number of nitrogens with zero attached hydrogens (tertiary/aromatic N) is 1. The van der Waals surface area contributed by atoms with E-state index in [4.69, 9.17) is 4.74 Å². The second-order valence-corrected chi connectivity index (χ2v) is 9.35. The van der Waals surface area contributed by atoms with Gasteiger partial charge in [0.1, 0.15) is 10.6 Å². The molecule has 3 aromatic rings. The molecule has 0 saturated carbocycles. The van der Waals surface area contributed by atoms with Crippen LogP contribution in [0.5, 0.6) is 5.75 Å². The van der Waals surface area contributed by atoms with E-state index in [0.717, 1.165) is 24.2 Å². The van der Waals surface area contributed by atoms with Crippen LogP contribution in [0.4, 0.5) is 11.4 Å². The number of methoxy groups -OCH3 is 1. The fourth-order valence-corrected chi connectivity index (χ4v) is 4.55. The van der Waals surface area contributed by atoms with Gasteiger partial charge >= 0.3 is 0 Å². The molecule has 0 aliphatic rings. The number of carbonyl (C=O) groups excluding carboxylic acids is 1. The number of hydrogen-bond donors (Lipinski definition) is 2. The highest BCUT2D eigenvalue weighted by Crippen LogP contribution is 2.27. The largest absolute Gasteiger partial charge is 0.495 e. The van der Waals surface area contributed by atoms with E-state index in [-0.39, 0.29) is 22.1 Å². The minimum Gasteiger partial charge on any atom is -0.495 e. The Hall–Kier alpha value is -3.52. The monoisotopic (exact) mass is 467 g/mol. The third-order valence-corrected chi connectivity index (χ3v) is 6.57. The highest BCUT2D eigenvalue weighted by molar-refractivity contribution is 7.92. The molecule has 0 unspecified atom stereocenters. The SMILES string of the molecule is COc1ccc(C(=O)NCCCN(C)c2ccccc2)cc1S(=O)(=O)Nc1ccc(C)cc1. The lowest BCUT2D eigenvalue weighted by Crippen LogP contribution is -2.28. The minimum absolute atomic E-state index is 0.0953. The highest BCUT2D eigenvalue weighted by atomic mass is 32.2. The number of benzene rings is 3. The zero-order chi connectivity index (χ0) is 23.8. The van der Waals surface area contributed by atoms with Gasteiger partial charge in [0.2, 0.25) is 0 Å². The number of hydrogen-bond acceptors (Lipinski definition) is 5. The number of amides is 1. The second-order valence-electron chi connectivity index (χ2n) is 7.70. The minimum atomic E-state index is -3.95. The van der Waals surface area contributed by atoms with Crippen molar-refractivity contribution in [3.8, 4) is 5.75 Å². The van der Waals surface area contributed by atoms with Gasteiger partial charge in [-0.2, -0.15) is 0 Å². The third-order valence-electron chi connectivity index (χ3n) is 5.17. The Labute approximate surface area is 195 Å². The van der Waals surface area contributed by atoms with Crippen molar-refractivity contribution in [1.82, 2.24) is 5.32 Å². The molecule has 174 valence electrons. The van der Waals surface area contributed by atoms with Gasteiger partial charge in [-0.05, 0) is 55.8 Å². The topological polar surface area (TPSA) is 87.7 Å². The average molecular weight is 468 g/mol. The van der Waals surface area contributed by atoms with Crippen molar-refractivity contribution in [1.29, 1.82) is 0 Å². The van der Waals surface area contributed by atoms with E-state index in [2.05, 4.69) is 14.9 Å². The first-order chi connectivity index (χ1) is 15.8. The summed E-state index contributed by atoms with van der Waals surface area (Å²) in [6.45, 7) is 3.15. The molecule has 2 N–H and O–H groups in total. The fourth-order valence-electron chi connectivity index (χ4n) is 3.29. The molecule has 3 rings (SSSR count). The molecule has 7 nitrogen and oxygen atoms in total. The normalized spacial score (nSPS) is 11.0. The first-order valence-corrected chi connectivity index (χ1v) is 12.1. The molecule has 8 heteroatoms. The van der Waals surface area contributed by atoms with E-state index in [1.54, 1.807) is 18.2 Å². The Kier molecular flexibility index (Phi) is 7.95. The highest BCUT2D eigenvalue weighted by Gasteiger charge is 2.22. The predicted octanol–water partition coefficient (Wildman–Crippen LogP) is 4.06. The molecule has 0 aromatic heterocycles. The van der Waals surface area contributed by atoms with Crippen molar-refractivity contribution in [2.75, 3.05) is 36.9 Å². The summed E-state index contributed by atoms with van der Waals surface area (Å²) in [7, 11) is -0.563. The van der Waals surface area contributed by atoms with E-state index in [1.165, 1.54) is 19.2 Å². The maximum absolute atomic E-state index is 13.0. The molecular formula is C25H29N3O4S. The maximum Gasteiger partial charge on any atom is 0.265 e. The van der Waals surface area contributed by atoms with Crippen LogP contribution in [0, 0.1) is 6.92 Å². The summed E-state index contributed by atoms with van der Waals surface area (Å²) >= 11 is 0. The molecule has 0 saturated heterocycles. The van der Waals surface area contributed by atoms with Crippen molar-refractivity contribution in [2.24, 2.45) is 0 Å². The van der Waals surface area contributed by atoms with Crippen LogP contribution in [0.1, 0.15) is 22.3 Å². The number of aryl methyl sites for hydroxylation is 1. The quantitative estimate of drug-likeness (QED) is 0.439. The molecule has 0 atom stereocenters. The van der Waals surface area contributed by atoms with Gasteiger partial charge in [0.15, 0.2) is 0 Å². The summed E-state index contributed by atoms with van der Waals surface area (Å²) in [5.74, 6) is -0.178. The first-order valence-electron chi connectivity index (χ1n) is 10.6. The summed E-state index contributed by atoms with van der Waals surface area (Å²) < 4.78 is 33.7. The Morgan fingerprint density at radius 1 is 1.00 bits per heavy atom. The number of anilines is 2. The first kappa shape index (κ1) is 24.1. The summed E-state index contributed by atoms with van der Waals surface area (Å²) in [4.78, 5) is 14.7. The van der Waals surface area contributed by atoms with E-state index < -0.39 is 10.0 Å². The molecule has 0 spiro atoms. The zero-order valence-electron chi connectivity index (χ0n) is 19.0. The maximum atomic E-state index is 13.0. The lowest BCUT2D eigenvalue weighted by Gasteiger charge is -2.19. The lowest BCUT2D eigenvalue weighted by molar-refractivity contribution is 0.0953. The van der Waals surface area contributed by atoms with Crippen LogP contribution in [-0.2, 0) is 10.0 Å². The molecule has 33 heavy (non-hydrogen) atoms. The number of rotatable bonds is 10. The number of sulfonamides is 1. The Morgan fingerprint density at radius 3 is 2.36 bits per heavy atom. The Balaban J connectivity index is 1.65. The molecular weight excluding hydrogens is 438 g/mol. The van der Waals surface area contributed by atoms with Gasteiger partial charge < -0.3 is 15.0 Å². The average Bonchev–Trinajstić information content (AvgIpc) is 2.83. The molecule has 0 aliphatic heterocycles. The second kappa shape index (κ2) is 10.9. The summed E-state index contributed by atoms with van der Waals surface area (Å²) in [5.41, 5.74) is 2.80. The van der Waals surface area contributed by atoms with Crippen LogP contribution >= 0.6 is 0 Å². The molecule has 0 bridgehead atoms. The molecule has 0 radical (unpaired) electrons. The molecule has 3 aromatic carbocycles.